The number of hydrogen-bond donors (Lipinski definition) is 0. The van der Waals surface area contributed by atoms with Crippen LogP contribution in [0.15, 0.2) is 40.8 Å². The van der Waals surface area contributed by atoms with E-state index in [1.165, 1.54) is 24.3 Å². The van der Waals surface area contributed by atoms with Gasteiger partial charge in [-0.3, -0.25) is 10.1 Å². The second-order valence-electron chi connectivity index (χ2n) is 4.60. The molecule has 2 aromatic rings. The minimum absolute atomic E-state index is 0.0167. The summed E-state index contributed by atoms with van der Waals surface area (Å²) in [6.45, 7) is 1.73. The molecule has 0 spiro atoms. The molecule has 0 radical (unpaired) electrons. The number of non-ortho nitro benzene ring substituents is 1. The second kappa shape index (κ2) is 7.09. The third-order valence-corrected chi connectivity index (χ3v) is 3.01. The number of terminal acetylenes is 1. The van der Waals surface area contributed by atoms with E-state index < -0.39 is 10.9 Å². The first-order valence-corrected chi connectivity index (χ1v) is 6.65. The van der Waals surface area contributed by atoms with Gasteiger partial charge in [-0.1, -0.05) is 12.0 Å². The Morgan fingerprint density at radius 1 is 1.43 bits per heavy atom. The van der Waals surface area contributed by atoms with Crippen LogP contribution in [0, 0.1) is 29.4 Å². The molecule has 0 aliphatic carbocycles. The molecule has 23 heavy (non-hydrogen) atoms. The topological polar surface area (TPSA) is 82.6 Å². The zero-order valence-electron chi connectivity index (χ0n) is 12.3. The first-order chi connectivity index (χ1) is 11.0. The van der Waals surface area contributed by atoms with Crippen LogP contribution in [0.25, 0.3) is 17.4 Å². The first-order valence-electron chi connectivity index (χ1n) is 6.65. The lowest BCUT2D eigenvalue weighted by atomic mass is 10.1. The lowest BCUT2D eigenvalue weighted by Gasteiger charge is -2.02. The van der Waals surface area contributed by atoms with Gasteiger partial charge in [0.2, 0.25) is 0 Å². The van der Waals surface area contributed by atoms with E-state index in [-0.39, 0.29) is 12.3 Å². The number of hydrogen-bond acceptors (Lipinski definition) is 5. The summed E-state index contributed by atoms with van der Waals surface area (Å²) >= 11 is 0. The highest BCUT2D eigenvalue weighted by atomic mass is 16.6. The maximum Gasteiger partial charge on any atom is 0.331 e. The maximum absolute atomic E-state index is 11.3. The Morgan fingerprint density at radius 3 is 2.91 bits per heavy atom. The van der Waals surface area contributed by atoms with Crippen LogP contribution in [0.4, 0.5) is 5.69 Å². The normalized spacial score (nSPS) is 10.4. The van der Waals surface area contributed by atoms with Crippen LogP contribution >= 0.6 is 0 Å². The van der Waals surface area contributed by atoms with Gasteiger partial charge in [-0.2, -0.15) is 0 Å². The molecule has 0 atom stereocenters. The molecule has 6 heteroatoms. The number of furan rings is 1. The first kappa shape index (κ1) is 16.0. The van der Waals surface area contributed by atoms with Gasteiger partial charge in [0.05, 0.1) is 4.92 Å². The van der Waals surface area contributed by atoms with Crippen molar-refractivity contribution in [1.29, 1.82) is 0 Å². The van der Waals surface area contributed by atoms with Crippen LogP contribution in [0.5, 0.6) is 0 Å². The van der Waals surface area contributed by atoms with Gasteiger partial charge in [0.15, 0.2) is 6.61 Å². The van der Waals surface area contributed by atoms with Crippen molar-refractivity contribution in [2.45, 2.75) is 6.92 Å². The highest BCUT2D eigenvalue weighted by Crippen LogP contribution is 2.29. The number of nitrogens with zero attached hydrogens (tertiary/aromatic N) is 1. The molecule has 116 valence electrons. The zero-order valence-corrected chi connectivity index (χ0v) is 12.3. The molecule has 0 bridgehead atoms. The molecular weight excluding hydrogens is 298 g/mol. The Kier molecular flexibility index (Phi) is 4.95. The molecule has 1 heterocycles. The molecule has 6 nitrogen and oxygen atoms in total. The summed E-state index contributed by atoms with van der Waals surface area (Å²) in [4.78, 5) is 21.7. The monoisotopic (exact) mass is 311 g/mol. The van der Waals surface area contributed by atoms with Crippen LogP contribution in [0.3, 0.4) is 0 Å². The number of carbonyl (C=O) groups is 1. The Morgan fingerprint density at radius 2 is 2.22 bits per heavy atom. The van der Waals surface area contributed by atoms with E-state index in [1.807, 2.05) is 6.92 Å². The minimum Gasteiger partial charge on any atom is -0.457 e. The zero-order chi connectivity index (χ0) is 16.8. The summed E-state index contributed by atoms with van der Waals surface area (Å²) in [5, 5.41) is 10.9. The Balaban J connectivity index is 2.21. The number of nitro groups is 1. The van der Waals surface area contributed by atoms with Crippen molar-refractivity contribution in [2.75, 3.05) is 6.61 Å². The van der Waals surface area contributed by atoms with E-state index in [4.69, 9.17) is 10.8 Å². The quantitative estimate of drug-likeness (QED) is 0.278. The molecule has 1 aromatic carbocycles. The number of esters is 1. The molecule has 0 amide bonds. The van der Waals surface area contributed by atoms with Crippen molar-refractivity contribution >= 4 is 17.7 Å². The number of nitro benzene ring substituents is 1. The molecule has 0 N–H and O–H groups in total. The van der Waals surface area contributed by atoms with Crippen molar-refractivity contribution < 1.29 is 18.9 Å². The largest absolute Gasteiger partial charge is 0.457 e. The van der Waals surface area contributed by atoms with Crippen molar-refractivity contribution in [1.82, 2.24) is 0 Å². The van der Waals surface area contributed by atoms with Crippen molar-refractivity contribution in [3.63, 3.8) is 0 Å². The lowest BCUT2D eigenvalue weighted by molar-refractivity contribution is -0.384. The van der Waals surface area contributed by atoms with Gasteiger partial charge >= 0.3 is 5.97 Å². The standard InChI is InChI=1S/C17H13NO5/c1-3-10-22-17(19)9-7-14-6-8-16(23-14)15-11-13(18(20)21)5-4-12(15)2/h1,4-9,11H,10H2,2H3/b9-7+. The summed E-state index contributed by atoms with van der Waals surface area (Å²) in [6, 6.07) is 7.87. The average Bonchev–Trinajstić information content (AvgIpc) is 2.99. The van der Waals surface area contributed by atoms with E-state index in [0.29, 0.717) is 17.1 Å². The Labute approximate surface area is 132 Å². The highest BCUT2D eigenvalue weighted by molar-refractivity contribution is 5.86. The minimum atomic E-state index is -0.576. The molecule has 0 saturated carbocycles. The summed E-state index contributed by atoms with van der Waals surface area (Å²) in [6.07, 6.45) is 7.62. The predicted molar refractivity (Wildman–Crippen MR) is 84.4 cm³/mol. The number of rotatable bonds is 5. The summed E-state index contributed by atoms with van der Waals surface area (Å²) in [5.74, 6) is 2.51. The molecule has 0 unspecified atom stereocenters. The van der Waals surface area contributed by atoms with Crippen LogP contribution in [-0.4, -0.2) is 17.5 Å². The summed E-state index contributed by atoms with van der Waals surface area (Å²) in [5.41, 5.74) is 1.44. The van der Waals surface area contributed by atoms with Crippen molar-refractivity contribution in [3.05, 3.63) is 57.8 Å². The van der Waals surface area contributed by atoms with Crippen LogP contribution < -0.4 is 0 Å². The molecule has 0 aliphatic heterocycles. The SMILES string of the molecule is C#CCOC(=O)/C=C/c1ccc(-c2cc([N+](=O)[O-])ccc2C)o1. The number of aryl methyl sites for hydroxylation is 1. The van der Waals surface area contributed by atoms with E-state index in [9.17, 15) is 14.9 Å². The van der Waals surface area contributed by atoms with Gasteiger partial charge in [0.25, 0.3) is 5.69 Å². The lowest BCUT2D eigenvalue weighted by Crippen LogP contribution is -1.99. The van der Waals surface area contributed by atoms with E-state index in [2.05, 4.69) is 10.7 Å². The Hall–Kier alpha value is -3.33. The number of carbonyl (C=O) groups excluding carboxylic acids is 1. The summed E-state index contributed by atoms with van der Waals surface area (Å²) in [7, 11) is 0. The van der Waals surface area contributed by atoms with E-state index in [0.717, 1.165) is 5.56 Å². The van der Waals surface area contributed by atoms with Gasteiger partial charge in [-0.15, -0.1) is 6.42 Å². The molecular formula is C17H13NO5. The number of benzene rings is 1. The molecule has 0 aliphatic rings. The predicted octanol–water partition coefficient (Wildman–Crippen LogP) is 3.35. The van der Waals surface area contributed by atoms with Crippen LogP contribution in [0.2, 0.25) is 0 Å². The van der Waals surface area contributed by atoms with Gasteiger partial charge in [0, 0.05) is 23.8 Å². The number of ether oxygens (including phenoxy) is 1. The smallest absolute Gasteiger partial charge is 0.331 e. The molecule has 1 aromatic heterocycles. The molecule has 0 fully saturated rings. The van der Waals surface area contributed by atoms with Gasteiger partial charge in [-0.05, 0) is 30.7 Å². The fraction of sp³-hybridized carbons (Fsp3) is 0.118. The van der Waals surface area contributed by atoms with Gasteiger partial charge in [0.1, 0.15) is 11.5 Å². The van der Waals surface area contributed by atoms with Crippen LogP contribution in [-0.2, 0) is 9.53 Å². The third-order valence-electron chi connectivity index (χ3n) is 3.01. The van der Waals surface area contributed by atoms with Gasteiger partial charge in [-0.25, -0.2) is 4.79 Å². The fourth-order valence-electron chi connectivity index (χ4n) is 1.89. The second-order valence-corrected chi connectivity index (χ2v) is 4.60. The average molecular weight is 311 g/mol. The van der Waals surface area contributed by atoms with Crippen molar-refractivity contribution in [3.8, 4) is 23.7 Å². The van der Waals surface area contributed by atoms with Crippen LogP contribution in [0.1, 0.15) is 11.3 Å². The fourth-order valence-corrected chi connectivity index (χ4v) is 1.89. The highest BCUT2D eigenvalue weighted by Gasteiger charge is 2.12. The Bertz CT molecular complexity index is 811. The van der Waals surface area contributed by atoms with E-state index >= 15 is 0 Å². The summed E-state index contributed by atoms with van der Waals surface area (Å²) < 4.78 is 10.3. The maximum atomic E-state index is 11.3. The van der Waals surface area contributed by atoms with E-state index in [1.54, 1.807) is 18.2 Å². The molecule has 2 rings (SSSR count). The third kappa shape index (κ3) is 4.08. The van der Waals surface area contributed by atoms with Crippen molar-refractivity contribution in [2.24, 2.45) is 0 Å². The van der Waals surface area contributed by atoms with Gasteiger partial charge < -0.3 is 9.15 Å². The molecule has 0 saturated heterocycles.